The van der Waals surface area contributed by atoms with E-state index in [0.717, 1.165) is 12.8 Å². The Balaban J connectivity index is 1.68. The van der Waals surface area contributed by atoms with Crippen LogP contribution in [0.5, 0.6) is 0 Å². The Labute approximate surface area is 142 Å². The standard InChI is InChI=1S/C16H24N2O3S2/c1-2-8-18-13-10-23(20,21)11-14(13)22-16(18)17-15(19)9-12-6-4-3-5-7-12/h2,12-14H,1,3-11H2/t13-,14+/m1/s1. The van der Waals surface area contributed by atoms with Crippen molar-refractivity contribution in [1.82, 2.24) is 4.90 Å². The van der Waals surface area contributed by atoms with Crippen LogP contribution < -0.4 is 0 Å². The van der Waals surface area contributed by atoms with Crippen molar-refractivity contribution in [2.75, 3.05) is 18.1 Å². The fraction of sp³-hybridized carbons (Fsp3) is 0.750. The van der Waals surface area contributed by atoms with Gasteiger partial charge in [0.2, 0.25) is 5.91 Å². The summed E-state index contributed by atoms with van der Waals surface area (Å²) in [4.78, 5) is 18.6. The highest BCUT2D eigenvalue weighted by molar-refractivity contribution is 8.15. The van der Waals surface area contributed by atoms with E-state index in [0.29, 0.717) is 24.1 Å². The Morgan fingerprint density at radius 1 is 1.30 bits per heavy atom. The molecule has 3 rings (SSSR count). The van der Waals surface area contributed by atoms with Crippen LogP contribution in [0.4, 0.5) is 0 Å². The van der Waals surface area contributed by atoms with Gasteiger partial charge >= 0.3 is 0 Å². The molecule has 0 radical (unpaired) electrons. The number of aliphatic imine (C=N–C) groups is 1. The molecule has 1 amide bonds. The Morgan fingerprint density at radius 2 is 2.04 bits per heavy atom. The number of thioether (sulfide) groups is 1. The van der Waals surface area contributed by atoms with Crippen molar-refractivity contribution in [3.8, 4) is 0 Å². The third-order valence-electron chi connectivity index (χ3n) is 4.91. The van der Waals surface area contributed by atoms with Crippen LogP contribution in [0.2, 0.25) is 0 Å². The number of hydrogen-bond donors (Lipinski definition) is 0. The van der Waals surface area contributed by atoms with E-state index >= 15 is 0 Å². The van der Waals surface area contributed by atoms with Crippen molar-refractivity contribution in [2.24, 2.45) is 10.9 Å². The van der Waals surface area contributed by atoms with Gasteiger partial charge in [0, 0.05) is 18.2 Å². The molecular formula is C16H24N2O3S2. The molecular weight excluding hydrogens is 332 g/mol. The maximum atomic E-state index is 12.3. The van der Waals surface area contributed by atoms with E-state index < -0.39 is 9.84 Å². The molecule has 1 saturated carbocycles. The predicted molar refractivity (Wildman–Crippen MR) is 94.4 cm³/mol. The normalized spacial score (nSPS) is 32.2. The molecule has 2 atom stereocenters. The summed E-state index contributed by atoms with van der Waals surface area (Å²) < 4.78 is 23.6. The molecule has 0 bridgehead atoms. The fourth-order valence-corrected chi connectivity index (χ4v) is 7.76. The van der Waals surface area contributed by atoms with E-state index in [-0.39, 0.29) is 28.7 Å². The monoisotopic (exact) mass is 356 g/mol. The molecule has 0 spiro atoms. The van der Waals surface area contributed by atoms with E-state index in [9.17, 15) is 13.2 Å². The molecule has 2 aliphatic heterocycles. The second-order valence-corrected chi connectivity index (χ2v) is 10.1. The van der Waals surface area contributed by atoms with Crippen LogP contribution in [0, 0.1) is 5.92 Å². The zero-order valence-corrected chi connectivity index (χ0v) is 14.9. The summed E-state index contributed by atoms with van der Waals surface area (Å²) >= 11 is 1.45. The van der Waals surface area contributed by atoms with E-state index in [4.69, 9.17) is 0 Å². The molecule has 0 unspecified atom stereocenters. The molecule has 0 aromatic carbocycles. The van der Waals surface area contributed by atoms with Gasteiger partial charge in [-0.15, -0.1) is 6.58 Å². The second-order valence-electron chi connectivity index (χ2n) is 6.74. The number of carbonyl (C=O) groups is 1. The van der Waals surface area contributed by atoms with Crippen molar-refractivity contribution >= 4 is 32.7 Å². The SMILES string of the molecule is C=CCN1C(=NC(=O)CC2CCCCC2)S[C@H]2CS(=O)(=O)C[C@H]21. The van der Waals surface area contributed by atoms with Gasteiger partial charge in [-0.1, -0.05) is 37.1 Å². The van der Waals surface area contributed by atoms with Gasteiger partial charge in [-0.2, -0.15) is 4.99 Å². The van der Waals surface area contributed by atoms with Gasteiger partial charge in [0.15, 0.2) is 15.0 Å². The number of amides is 1. The summed E-state index contributed by atoms with van der Waals surface area (Å²) in [5, 5.41) is 0.691. The van der Waals surface area contributed by atoms with Gasteiger partial charge in [0.05, 0.1) is 17.5 Å². The van der Waals surface area contributed by atoms with Gasteiger partial charge in [0.25, 0.3) is 0 Å². The molecule has 2 saturated heterocycles. The lowest BCUT2D eigenvalue weighted by molar-refractivity contribution is -0.118. The Bertz CT molecular complexity index is 609. The summed E-state index contributed by atoms with van der Waals surface area (Å²) in [7, 11) is -2.97. The first-order valence-electron chi connectivity index (χ1n) is 8.34. The molecule has 0 aromatic heterocycles. The quantitative estimate of drug-likeness (QED) is 0.723. The van der Waals surface area contributed by atoms with E-state index in [1.807, 2.05) is 4.90 Å². The number of carbonyl (C=O) groups excluding carboxylic acids is 1. The highest BCUT2D eigenvalue weighted by Gasteiger charge is 2.48. The number of amidine groups is 1. The molecule has 7 heteroatoms. The molecule has 3 fully saturated rings. The lowest BCUT2D eigenvalue weighted by Crippen LogP contribution is -2.37. The zero-order chi connectivity index (χ0) is 16.4. The first-order valence-corrected chi connectivity index (χ1v) is 11.0. The number of nitrogens with zero attached hydrogens (tertiary/aromatic N) is 2. The van der Waals surface area contributed by atoms with Crippen LogP contribution >= 0.6 is 11.8 Å². The van der Waals surface area contributed by atoms with Crippen molar-refractivity contribution in [2.45, 2.75) is 49.8 Å². The molecule has 23 heavy (non-hydrogen) atoms. The lowest BCUT2D eigenvalue weighted by atomic mass is 9.87. The van der Waals surface area contributed by atoms with Crippen molar-refractivity contribution in [1.29, 1.82) is 0 Å². The first kappa shape index (κ1) is 17.0. The number of fused-ring (bicyclic) bond motifs is 1. The van der Waals surface area contributed by atoms with Crippen molar-refractivity contribution < 1.29 is 13.2 Å². The van der Waals surface area contributed by atoms with Crippen LogP contribution in [-0.2, 0) is 14.6 Å². The topological polar surface area (TPSA) is 66.8 Å². The molecule has 0 aromatic rings. The van der Waals surface area contributed by atoms with Crippen molar-refractivity contribution in [3.63, 3.8) is 0 Å². The third-order valence-corrected chi connectivity index (χ3v) is 8.16. The minimum Gasteiger partial charge on any atom is -0.342 e. The smallest absolute Gasteiger partial charge is 0.248 e. The fourth-order valence-electron chi connectivity index (χ4n) is 3.78. The predicted octanol–water partition coefficient (Wildman–Crippen LogP) is 2.24. The van der Waals surface area contributed by atoms with Gasteiger partial charge in [0.1, 0.15) is 0 Å². The van der Waals surface area contributed by atoms with Crippen LogP contribution in [0.15, 0.2) is 17.6 Å². The number of sulfone groups is 1. The van der Waals surface area contributed by atoms with Crippen LogP contribution in [-0.4, -0.2) is 53.7 Å². The molecule has 128 valence electrons. The van der Waals surface area contributed by atoms with Gasteiger partial charge in [-0.05, 0) is 18.8 Å². The van der Waals surface area contributed by atoms with Crippen LogP contribution in [0.25, 0.3) is 0 Å². The van der Waals surface area contributed by atoms with Crippen LogP contribution in [0.1, 0.15) is 38.5 Å². The Morgan fingerprint density at radius 3 is 2.74 bits per heavy atom. The molecule has 5 nitrogen and oxygen atoms in total. The third kappa shape index (κ3) is 3.99. The molecule has 2 heterocycles. The highest BCUT2D eigenvalue weighted by Crippen LogP contribution is 2.38. The summed E-state index contributed by atoms with van der Waals surface area (Å²) in [5.74, 6) is 0.760. The average molecular weight is 357 g/mol. The van der Waals surface area contributed by atoms with E-state index in [2.05, 4.69) is 11.6 Å². The summed E-state index contributed by atoms with van der Waals surface area (Å²) in [5.41, 5.74) is 0. The maximum Gasteiger partial charge on any atom is 0.248 e. The van der Waals surface area contributed by atoms with Gasteiger partial charge < -0.3 is 4.90 Å². The maximum absolute atomic E-state index is 12.3. The Hall–Kier alpha value is -0.820. The highest BCUT2D eigenvalue weighted by atomic mass is 32.2. The minimum atomic E-state index is -2.97. The minimum absolute atomic E-state index is 0.00109. The van der Waals surface area contributed by atoms with Gasteiger partial charge in [-0.25, -0.2) is 8.42 Å². The Kier molecular flexibility index (Phi) is 5.16. The van der Waals surface area contributed by atoms with Crippen LogP contribution in [0.3, 0.4) is 0 Å². The number of hydrogen-bond acceptors (Lipinski definition) is 4. The van der Waals surface area contributed by atoms with E-state index in [1.165, 1.54) is 31.0 Å². The van der Waals surface area contributed by atoms with Gasteiger partial charge in [-0.3, -0.25) is 4.79 Å². The molecule has 0 N–H and O–H groups in total. The lowest BCUT2D eigenvalue weighted by Gasteiger charge is -2.23. The molecule has 1 aliphatic carbocycles. The first-order chi connectivity index (χ1) is 11.0. The second kappa shape index (κ2) is 6.97. The number of rotatable bonds is 4. The molecule has 3 aliphatic rings. The van der Waals surface area contributed by atoms with E-state index in [1.54, 1.807) is 6.08 Å². The summed E-state index contributed by atoms with van der Waals surface area (Å²) in [6.07, 6.45) is 8.24. The largest absolute Gasteiger partial charge is 0.342 e. The zero-order valence-electron chi connectivity index (χ0n) is 13.3. The summed E-state index contributed by atoms with van der Waals surface area (Å²) in [6, 6.07) is -0.0655. The van der Waals surface area contributed by atoms with Crippen molar-refractivity contribution in [3.05, 3.63) is 12.7 Å². The summed E-state index contributed by atoms with van der Waals surface area (Å²) in [6.45, 7) is 4.28. The average Bonchev–Trinajstić information content (AvgIpc) is 2.93.